The van der Waals surface area contributed by atoms with Crippen LogP contribution in [0.2, 0.25) is 0 Å². The van der Waals surface area contributed by atoms with Crippen molar-refractivity contribution in [3.05, 3.63) is 66.3 Å². The van der Waals surface area contributed by atoms with E-state index in [1.54, 1.807) is 6.08 Å². The Morgan fingerprint density at radius 1 is 1.00 bits per heavy atom. The topological polar surface area (TPSA) is 112 Å². The van der Waals surface area contributed by atoms with Gasteiger partial charge in [-0.15, -0.1) is 0 Å². The first kappa shape index (κ1) is 18.9. The van der Waals surface area contributed by atoms with Gasteiger partial charge in [0.25, 0.3) is 0 Å². The van der Waals surface area contributed by atoms with Gasteiger partial charge in [0.2, 0.25) is 0 Å². The Balaban J connectivity index is 0.000000433. The highest BCUT2D eigenvalue weighted by Crippen LogP contribution is 2.00. The lowest BCUT2D eigenvalue weighted by atomic mass is 10.2. The Morgan fingerprint density at radius 2 is 1.59 bits per heavy atom. The largest absolute Gasteiger partial charge is 0.481 e. The van der Waals surface area contributed by atoms with Crippen molar-refractivity contribution in [3.63, 3.8) is 0 Å². The fourth-order valence-corrected chi connectivity index (χ4v) is 1.13. The highest BCUT2D eigenvalue weighted by Gasteiger charge is 2.07. The van der Waals surface area contributed by atoms with Gasteiger partial charge in [0.15, 0.2) is 0 Å². The van der Waals surface area contributed by atoms with Gasteiger partial charge < -0.3 is 15.3 Å². The summed E-state index contributed by atoms with van der Waals surface area (Å²) in [5.74, 6) is -3.38. The summed E-state index contributed by atoms with van der Waals surface area (Å²) in [5, 5.41) is 24.4. The molecule has 0 saturated heterocycles. The Labute approximate surface area is 127 Å². The maximum atomic E-state index is 10.1. The molecule has 22 heavy (non-hydrogen) atoms. The van der Waals surface area contributed by atoms with Crippen LogP contribution >= 0.6 is 0 Å². The molecule has 3 N–H and O–H groups in total. The molecule has 6 heteroatoms. The second-order valence-electron chi connectivity index (χ2n) is 3.95. The van der Waals surface area contributed by atoms with Crippen LogP contribution in [0.25, 0.3) is 6.08 Å². The summed E-state index contributed by atoms with van der Waals surface area (Å²) in [4.78, 5) is 29.8. The molecule has 0 aliphatic heterocycles. The number of rotatable bonds is 6. The molecule has 116 valence electrons. The maximum absolute atomic E-state index is 10.1. The number of hydrogen-bond acceptors (Lipinski definition) is 3. The van der Waals surface area contributed by atoms with Gasteiger partial charge in [0.05, 0.1) is 6.42 Å². The van der Waals surface area contributed by atoms with Crippen LogP contribution in [0.1, 0.15) is 12.0 Å². The summed E-state index contributed by atoms with van der Waals surface area (Å²) in [6.07, 6.45) is 5.63. The first-order valence-corrected chi connectivity index (χ1v) is 6.08. The van der Waals surface area contributed by atoms with E-state index in [1.807, 2.05) is 36.4 Å². The van der Waals surface area contributed by atoms with E-state index in [0.717, 1.165) is 11.6 Å². The van der Waals surface area contributed by atoms with E-state index < -0.39 is 24.3 Å². The number of carboxylic acids is 3. The smallest absolute Gasteiger partial charge is 0.331 e. The third-order valence-corrected chi connectivity index (χ3v) is 2.11. The minimum atomic E-state index is -1.27. The maximum Gasteiger partial charge on any atom is 0.331 e. The summed E-state index contributed by atoms with van der Waals surface area (Å²) in [7, 11) is 0. The molecule has 1 aromatic rings. The van der Waals surface area contributed by atoms with Crippen LogP contribution in [0.4, 0.5) is 0 Å². The third-order valence-electron chi connectivity index (χ3n) is 2.11. The molecule has 0 heterocycles. The second-order valence-corrected chi connectivity index (χ2v) is 3.95. The first-order valence-electron chi connectivity index (χ1n) is 6.08. The van der Waals surface area contributed by atoms with Gasteiger partial charge in [-0.3, -0.25) is 4.79 Å². The number of allylic oxidation sites excluding steroid dienone is 2. The lowest BCUT2D eigenvalue weighted by Crippen LogP contribution is -2.04. The quantitative estimate of drug-likeness (QED) is 0.549. The molecule has 0 aliphatic rings. The van der Waals surface area contributed by atoms with Gasteiger partial charge in [0, 0.05) is 11.6 Å². The predicted molar refractivity (Wildman–Crippen MR) is 81.3 cm³/mol. The molecule has 0 unspecified atom stereocenters. The summed E-state index contributed by atoms with van der Waals surface area (Å²) < 4.78 is 0. The fourth-order valence-electron chi connectivity index (χ4n) is 1.13. The number of aliphatic carboxylic acids is 3. The SMILES string of the molecule is C=C(CC(=O)O)C(=O)O.O=C(O)C=CC=Cc1ccccc1. The van der Waals surface area contributed by atoms with E-state index in [0.29, 0.717) is 0 Å². The van der Waals surface area contributed by atoms with E-state index in [-0.39, 0.29) is 5.57 Å². The molecular formula is C16H16O6. The van der Waals surface area contributed by atoms with Gasteiger partial charge in [-0.1, -0.05) is 55.1 Å². The van der Waals surface area contributed by atoms with Crippen LogP contribution in [0.3, 0.4) is 0 Å². The van der Waals surface area contributed by atoms with Gasteiger partial charge in [-0.05, 0) is 5.56 Å². The van der Waals surface area contributed by atoms with Crippen molar-refractivity contribution in [1.29, 1.82) is 0 Å². The summed E-state index contributed by atoms with van der Waals surface area (Å²) in [6.45, 7) is 3.01. The normalized spacial score (nSPS) is 10.0. The monoisotopic (exact) mass is 304 g/mol. The molecule has 0 radical (unpaired) electrons. The summed E-state index contributed by atoms with van der Waals surface area (Å²) in [5.41, 5.74) is 0.750. The molecule has 0 amide bonds. The van der Waals surface area contributed by atoms with Gasteiger partial charge in [-0.2, -0.15) is 0 Å². The Kier molecular flexibility index (Phi) is 9.10. The number of benzene rings is 1. The lowest BCUT2D eigenvalue weighted by Gasteiger charge is -1.91. The van der Waals surface area contributed by atoms with Crippen molar-refractivity contribution in [3.8, 4) is 0 Å². The van der Waals surface area contributed by atoms with Crippen molar-refractivity contribution >= 4 is 24.0 Å². The molecule has 1 rings (SSSR count). The molecule has 0 aliphatic carbocycles. The molecule has 1 aromatic carbocycles. The van der Waals surface area contributed by atoms with Gasteiger partial charge in [-0.25, -0.2) is 9.59 Å². The number of hydrogen-bond donors (Lipinski definition) is 3. The second kappa shape index (κ2) is 10.6. The molecule has 0 aromatic heterocycles. The van der Waals surface area contributed by atoms with Crippen LogP contribution in [0, 0.1) is 0 Å². The first-order chi connectivity index (χ1) is 10.3. The van der Waals surface area contributed by atoms with Crippen LogP contribution < -0.4 is 0 Å². The van der Waals surface area contributed by atoms with Crippen LogP contribution in [0.5, 0.6) is 0 Å². The molecule has 6 nitrogen and oxygen atoms in total. The van der Waals surface area contributed by atoms with Crippen LogP contribution in [0.15, 0.2) is 60.7 Å². The average Bonchev–Trinajstić information content (AvgIpc) is 2.44. The minimum absolute atomic E-state index is 0.303. The van der Waals surface area contributed by atoms with Crippen LogP contribution in [-0.4, -0.2) is 33.2 Å². The molecular weight excluding hydrogens is 288 g/mol. The molecule has 0 fully saturated rings. The minimum Gasteiger partial charge on any atom is -0.481 e. The highest BCUT2D eigenvalue weighted by atomic mass is 16.4. The zero-order chi connectivity index (χ0) is 17.0. The molecule has 0 atom stereocenters. The zero-order valence-corrected chi connectivity index (χ0v) is 11.7. The van der Waals surface area contributed by atoms with E-state index in [4.69, 9.17) is 15.3 Å². The highest BCUT2D eigenvalue weighted by molar-refractivity contribution is 5.91. The fraction of sp³-hybridized carbons (Fsp3) is 0.0625. The van der Waals surface area contributed by atoms with Crippen molar-refractivity contribution in [2.45, 2.75) is 6.42 Å². The lowest BCUT2D eigenvalue weighted by molar-refractivity contribution is -0.139. The third kappa shape index (κ3) is 10.7. The summed E-state index contributed by atoms with van der Waals surface area (Å²) >= 11 is 0. The number of carbonyl (C=O) groups is 3. The van der Waals surface area contributed by atoms with Crippen molar-refractivity contribution in [1.82, 2.24) is 0 Å². The van der Waals surface area contributed by atoms with Gasteiger partial charge in [0.1, 0.15) is 0 Å². The average molecular weight is 304 g/mol. The Hall–Kier alpha value is -3.15. The molecule has 0 bridgehead atoms. The Bertz CT molecular complexity index is 584. The standard InChI is InChI=1S/C11H10O2.C5H6O4/c12-11(13)9-5-4-8-10-6-2-1-3-7-10;1-3(5(8)9)2-4(6)7/h1-9H,(H,12,13);1-2H2,(H,6,7)(H,8,9). The number of carboxylic acid groups (broad SMARTS) is 3. The van der Waals surface area contributed by atoms with Crippen LogP contribution in [-0.2, 0) is 14.4 Å². The zero-order valence-electron chi connectivity index (χ0n) is 11.7. The molecule has 0 spiro atoms. The van der Waals surface area contributed by atoms with Crippen molar-refractivity contribution in [2.24, 2.45) is 0 Å². The van der Waals surface area contributed by atoms with Gasteiger partial charge >= 0.3 is 17.9 Å². The van der Waals surface area contributed by atoms with E-state index in [9.17, 15) is 14.4 Å². The van der Waals surface area contributed by atoms with Crippen molar-refractivity contribution < 1.29 is 29.7 Å². The van der Waals surface area contributed by atoms with E-state index >= 15 is 0 Å². The van der Waals surface area contributed by atoms with E-state index in [2.05, 4.69) is 6.58 Å². The Morgan fingerprint density at radius 3 is 2.00 bits per heavy atom. The molecule has 0 saturated carbocycles. The predicted octanol–water partition coefficient (Wildman–Crippen LogP) is 2.44. The van der Waals surface area contributed by atoms with E-state index in [1.165, 1.54) is 6.08 Å². The summed E-state index contributed by atoms with van der Waals surface area (Å²) in [6, 6.07) is 9.70. The van der Waals surface area contributed by atoms with Crippen molar-refractivity contribution in [2.75, 3.05) is 0 Å².